The zero-order valence-electron chi connectivity index (χ0n) is 13.1. The van der Waals surface area contributed by atoms with Gasteiger partial charge in [-0.2, -0.15) is 4.89 Å². The smallest absolute Gasteiger partial charge is 0.373 e. The Labute approximate surface area is 127 Å². The van der Waals surface area contributed by atoms with E-state index in [4.69, 9.17) is 14.5 Å². The monoisotopic (exact) mass is 293 g/mol. The molecular weight excluding hydrogens is 268 g/mol. The van der Waals surface area contributed by atoms with Gasteiger partial charge >= 0.3 is 5.97 Å². The van der Waals surface area contributed by atoms with Crippen molar-refractivity contribution in [3.8, 4) is 5.75 Å². The summed E-state index contributed by atoms with van der Waals surface area (Å²) in [4.78, 5) is 21.7. The van der Waals surface area contributed by atoms with E-state index in [9.17, 15) is 4.79 Å². The molecule has 1 unspecified atom stereocenters. The normalized spacial score (nSPS) is 12.0. The van der Waals surface area contributed by atoms with Crippen molar-refractivity contribution >= 4 is 5.97 Å². The van der Waals surface area contributed by atoms with Crippen molar-refractivity contribution in [2.75, 3.05) is 6.61 Å². The fourth-order valence-corrected chi connectivity index (χ4v) is 1.91. The van der Waals surface area contributed by atoms with Crippen molar-refractivity contribution in [3.05, 3.63) is 36.4 Å². The minimum atomic E-state index is -0.516. The number of hydrogen-bond acceptors (Lipinski definition) is 4. The lowest BCUT2D eigenvalue weighted by Gasteiger charge is -2.12. The number of unbranched alkanes of at least 4 members (excludes halogenated alkanes) is 1. The van der Waals surface area contributed by atoms with Crippen LogP contribution in [0, 0.1) is 12.5 Å². The Morgan fingerprint density at radius 3 is 2.76 bits per heavy atom. The van der Waals surface area contributed by atoms with Gasteiger partial charge in [0.1, 0.15) is 12.4 Å². The Balaban J connectivity index is 2.40. The second-order valence-corrected chi connectivity index (χ2v) is 4.87. The van der Waals surface area contributed by atoms with Gasteiger partial charge in [0.05, 0.1) is 12.2 Å². The van der Waals surface area contributed by atoms with Crippen LogP contribution in [0.25, 0.3) is 0 Å². The lowest BCUT2D eigenvalue weighted by molar-refractivity contribution is -0.219. The van der Waals surface area contributed by atoms with Gasteiger partial charge in [-0.3, -0.25) is 4.89 Å². The molecular formula is C17H25O4. The van der Waals surface area contributed by atoms with E-state index < -0.39 is 5.97 Å². The Bertz CT molecular complexity index is 417. The molecule has 0 spiro atoms. The number of hydrogen-bond donors (Lipinski definition) is 0. The SMILES string of the molecule is CCCCC([CH]OOC(=O)c1cccc(OCC)c1)CC. The second kappa shape index (κ2) is 10.2. The van der Waals surface area contributed by atoms with Crippen LogP contribution in [0.2, 0.25) is 0 Å². The van der Waals surface area contributed by atoms with Crippen LogP contribution < -0.4 is 4.74 Å². The lowest BCUT2D eigenvalue weighted by atomic mass is 10.0. The Morgan fingerprint density at radius 1 is 1.29 bits per heavy atom. The van der Waals surface area contributed by atoms with Crippen LogP contribution >= 0.6 is 0 Å². The highest BCUT2D eigenvalue weighted by molar-refractivity contribution is 5.89. The molecule has 21 heavy (non-hydrogen) atoms. The summed E-state index contributed by atoms with van der Waals surface area (Å²) in [6, 6.07) is 6.86. The summed E-state index contributed by atoms with van der Waals surface area (Å²) >= 11 is 0. The summed E-state index contributed by atoms with van der Waals surface area (Å²) in [5.41, 5.74) is 0.413. The molecule has 4 nitrogen and oxygen atoms in total. The minimum absolute atomic E-state index is 0.313. The molecule has 117 valence electrons. The van der Waals surface area contributed by atoms with Crippen LogP contribution in [0.1, 0.15) is 56.8 Å². The fourth-order valence-electron chi connectivity index (χ4n) is 1.91. The van der Waals surface area contributed by atoms with E-state index in [-0.39, 0.29) is 0 Å². The number of rotatable bonds is 10. The maximum absolute atomic E-state index is 11.9. The van der Waals surface area contributed by atoms with E-state index in [1.165, 1.54) is 0 Å². The molecule has 0 aliphatic heterocycles. The third kappa shape index (κ3) is 6.63. The van der Waals surface area contributed by atoms with E-state index >= 15 is 0 Å². The first-order valence-electron chi connectivity index (χ1n) is 7.65. The molecule has 0 saturated heterocycles. The van der Waals surface area contributed by atoms with Gasteiger partial charge in [0.15, 0.2) is 0 Å². The van der Waals surface area contributed by atoms with E-state index in [0.29, 0.717) is 23.8 Å². The van der Waals surface area contributed by atoms with Crippen molar-refractivity contribution in [1.82, 2.24) is 0 Å². The maximum Gasteiger partial charge on any atom is 0.373 e. The summed E-state index contributed by atoms with van der Waals surface area (Å²) in [7, 11) is 0. The number of carbonyl (C=O) groups is 1. The highest BCUT2D eigenvalue weighted by atomic mass is 17.2. The van der Waals surface area contributed by atoms with E-state index in [1.54, 1.807) is 30.9 Å². The molecule has 0 saturated carbocycles. The van der Waals surface area contributed by atoms with Gasteiger partial charge in [0.2, 0.25) is 0 Å². The van der Waals surface area contributed by atoms with Crippen molar-refractivity contribution in [2.45, 2.75) is 46.5 Å². The molecule has 1 aromatic rings. The topological polar surface area (TPSA) is 44.8 Å². The fraction of sp³-hybridized carbons (Fsp3) is 0.529. The first-order valence-corrected chi connectivity index (χ1v) is 7.65. The largest absolute Gasteiger partial charge is 0.494 e. The van der Waals surface area contributed by atoms with Gasteiger partial charge in [-0.15, -0.1) is 0 Å². The van der Waals surface area contributed by atoms with E-state index in [2.05, 4.69) is 13.8 Å². The van der Waals surface area contributed by atoms with Crippen molar-refractivity contribution in [3.63, 3.8) is 0 Å². The third-order valence-electron chi connectivity index (χ3n) is 3.21. The molecule has 4 heteroatoms. The summed E-state index contributed by atoms with van der Waals surface area (Å²) < 4.78 is 5.34. The second-order valence-electron chi connectivity index (χ2n) is 4.87. The van der Waals surface area contributed by atoms with Crippen molar-refractivity contribution < 1.29 is 19.3 Å². The van der Waals surface area contributed by atoms with Crippen LogP contribution in [0.3, 0.4) is 0 Å². The van der Waals surface area contributed by atoms with Crippen molar-refractivity contribution in [2.24, 2.45) is 5.92 Å². The first-order chi connectivity index (χ1) is 10.2. The average Bonchev–Trinajstić information content (AvgIpc) is 2.51. The van der Waals surface area contributed by atoms with Crippen LogP contribution in [0.5, 0.6) is 5.75 Å². The molecule has 0 N–H and O–H groups in total. The number of benzene rings is 1. The Morgan fingerprint density at radius 2 is 2.10 bits per heavy atom. The maximum atomic E-state index is 11.9. The van der Waals surface area contributed by atoms with E-state index in [1.807, 2.05) is 6.92 Å². The van der Waals surface area contributed by atoms with Gasteiger partial charge in [-0.25, -0.2) is 4.79 Å². The standard InChI is InChI=1S/C17H25O4/c1-4-7-9-14(5-2)13-20-21-17(18)15-10-8-11-16(12-15)19-6-3/h8,10-14H,4-7,9H2,1-3H3. The molecule has 0 aliphatic carbocycles. The molecule has 1 rings (SSSR count). The third-order valence-corrected chi connectivity index (χ3v) is 3.21. The zero-order chi connectivity index (χ0) is 15.5. The summed E-state index contributed by atoms with van der Waals surface area (Å²) in [5, 5.41) is 0. The number of carbonyl (C=O) groups excluding carboxylic acids is 1. The van der Waals surface area contributed by atoms with Crippen molar-refractivity contribution in [1.29, 1.82) is 0 Å². The summed E-state index contributed by atoms with van der Waals surface area (Å²) in [6.07, 6.45) is 4.30. The van der Waals surface area contributed by atoms with Crippen LogP contribution in [0.4, 0.5) is 0 Å². The first kappa shape index (κ1) is 17.5. The molecule has 0 heterocycles. The number of ether oxygens (including phenoxy) is 1. The predicted octanol–water partition coefficient (Wildman–Crippen LogP) is 4.55. The average molecular weight is 293 g/mol. The van der Waals surface area contributed by atoms with Gasteiger partial charge in [-0.05, 0) is 37.5 Å². The molecule has 0 aliphatic rings. The molecule has 1 radical (unpaired) electrons. The van der Waals surface area contributed by atoms with Gasteiger partial charge in [-0.1, -0.05) is 39.2 Å². The molecule has 1 aromatic carbocycles. The molecule has 0 bridgehead atoms. The predicted molar refractivity (Wildman–Crippen MR) is 81.7 cm³/mol. The summed E-state index contributed by atoms with van der Waals surface area (Å²) in [6.45, 7) is 8.30. The van der Waals surface area contributed by atoms with E-state index in [0.717, 1.165) is 25.7 Å². The Hall–Kier alpha value is -1.55. The highest BCUT2D eigenvalue weighted by Gasteiger charge is 2.12. The van der Waals surface area contributed by atoms with Crippen LogP contribution in [-0.2, 0) is 9.78 Å². The Kier molecular flexibility index (Phi) is 8.51. The lowest BCUT2D eigenvalue weighted by Crippen LogP contribution is -2.09. The zero-order valence-corrected chi connectivity index (χ0v) is 13.1. The molecule has 0 fully saturated rings. The highest BCUT2D eigenvalue weighted by Crippen LogP contribution is 2.18. The molecule has 0 amide bonds. The molecule has 0 aromatic heterocycles. The van der Waals surface area contributed by atoms with Crippen LogP contribution in [-0.4, -0.2) is 12.6 Å². The molecule has 1 atom stereocenters. The van der Waals surface area contributed by atoms with Crippen LogP contribution in [0.15, 0.2) is 24.3 Å². The van der Waals surface area contributed by atoms with Gasteiger partial charge in [0.25, 0.3) is 0 Å². The quantitative estimate of drug-likeness (QED) is 0.469. The summed E-state index contributed by atoms with van der Waals surface area (Å²) in [5.74, 6) is 0.441. The van der Waals surface area contributed by atoms with Gasteiger partial charge < -0.3 is 4.74 Å². The minimum Gasteiger partial charge on any atom is -0.494 e. The van der Waals surface area contributed by atoms with Gasteiger partial charge in [0, 0.05) is 0 Å².